The predicted molar refractivity (Wildman–Crippen MR) is 110 cm³/mol. The minimum atomic E-state index is -1.15. The van der Waals surface area contributed by atoms with Gasteiger partial charge in [0.25, 0.3) is 17.7 Å². The van der Waals surface area contributed by atoms with Gasteiger partial charge in [0.2, 0.25) is 0 Å². The summed E-state index contributed by atoms with van der Waals surface area (Å²) < 4.78 is 5.06. The molecule has 0 radical (unpaired) electrons. The molecule has 3 aromatic rings. The van der Waals surface area contributed by atoms with Crippen LogP contribution in [-0.2, 0) is 14.3 Å². The molecule has 0 bridgehead atoms. The minimum Gasteiger partial charge on any atom is -0.454 e. The van der Waals surface area contributed by atoms with E-state index in [0.29, 0.717) is 5.69 Å². The van der Waals surface area contributed by atoms with Crippen molar-refractivity contribution in [2.45, 2.75) is 13.0 Å². The van der Waals surface area contributed by atoms with Crippen molar-refractivity contribution in [1.82, 2.24) is 4.90 Å². The molecule has 1 N–H and O–H groups in total. The Morgan fingerprint density at radius 2 is 1.50 bits per heavy atom. The second kappa shape index (κ2) is 7.79. The molecule has 3 aromatic carbocycles. The Bertz CT molecular complexity index is 1150. The maximum absolute atomic E-state index is 12.5. The van der Waals surface area contributed by atoms with Gasteiger partial charge in [0.15, 0.2) is 6.61 Å². The van der Waals surface area contributed by atoms with Gasteiger partial charge in [-0.05, 0) is 30.5 Å². The van der Waals surface area contributed by atoms with Crippen LogP contribution >= 0.6 is 0 Å². The Labute approximate surface area is 172 Å². The second-order valence-corrected chi connectivity index (χ2v) is 6.88. The van der Waals surface area contributed by atoms with E-state index in [1.54, 1.807) is 18.2 Å². The number of rotatable bonds is 5. The predicted octanol–water partition coefficient (Wildman–Crippen LogP) is 3.01. The molecule has 1 aliphatic heterocycles. The number of esters is 1. The van der Waals surface area contributed by atoms with Gasteiger partial charge >= 0.3 is 5.97 Å². The first-order valence-corrected chi connectivity index (χ1v) is 9.38. The molecule has 1 atom stereocenters. The number of fused-ring (bicyclic) bond motifs is 2. The lowest BCUT2D eigenvalue weighted by Crippen LogP contribution is -2.44. The molecular weight excluding hydrogens is 384 g/mol. The zero-order valence-corrected chi connectivity index (χ0v) is 16.1. The molecule has 0 fully saturated rings. The quantitative estimate of drug-likeness (QED) is 0.523. The zero-order chi connectivity index (χ0) is 21.3. The van der Waals surface area contributed by atoms with Crippen molar-refractivity contribution in [3.8, 4) is 0 Å². The molecule has 0 aliphatic carbocycles. The number of ether oxygens (including phenoxy) is 1. The number of nitrogens with zero attached hydrogens (tertiary/aromatic N) is 1. The van der Waals surface area contributed by atoms with Crippen molar-refractivity contribution in [3.63, 3.8) is 0 Å². The van der Waals surface area contributed by atoms with Crippen molar-refractivity contribution in [2.75, 3.05) is 11.9 Å². The van der Waals surface area contributed by atoms with Gasteiger partial charge < -0.3 is 10.1 Å². The van der Waals surface area contributed by atoms with Gasteiger partial charge in [-0.2, -0.15) is 0 Å². The second-order valence-electron chi connectivity index (χ2n) is 6.88. The Kier molecular flexibility index (Phi) is 5.02. The smallest absolute Gasteiger partial charge is 0.329 e. The minimum absolute atomic E-state index is 0.246. The average Bonchev–Trinajstić information content (AvgIpc) is 3.02. The third-order valence-corrected chi connectivity index (χ3v) is 4.96. The van der Waals surface area contributed by atoms with Crippen molar-refractivity contribution in [1.29, 1.82) is 0 Å². The number of nitrogens with one attached hydrogen (secondary N) is 1. The molecule has 0 aromatic heterocycles. The van der Waals surface area contributed by atoms with Gasteiger partial charge in [0.05, 0.1) is 11.1 Å². The summed E-state index contributed by atoms with van der Waals surface area (Å²) in [4.78, 5) is 50.5. The number of carbonyl (C=O) groups excluding carboxylic acids is 4. The number of hydrogen-bond donors (Lipinski definition) is 1. The zero-order valence-electron chi connectivity index (χ0n) is 16.1. The SMILES string of the molecule is CC(C(=O)OCC(=O)Nc1cccc2ccccc12)N1C(=O)c2ccccc2C1=O. The third kappa shape index (κ3) is 3.41. The number of amides is 3. The summed E-state index contributed by atoms with van der Waals surface area (Å²) in [5.41, 5.74) is 1.09. The van der Waals surface area contributed by atoms with Gasteiger partial charge in [-0.3, -0.25) is 19.3 Å². The van der Waals surface area contributed by atoms with Crippen LogP contribution < -0.4 is 5.32 Å². The highest BCUT2D eigenvalue weighted by molar-refractivity contribution is 6.22. The summed E-state index contributed by atoms with van der Waals surface area (Å²) >= 11 is 0. The molecule has 7 heteroatoms. The summed E-state index contributed by atoms with van der Waals surface area (Å²) in [6.07, 6.45) is 0. The first kappa shape index (κ1) is 19.3. The number of carbonyl (C=O) groups is 4. The van der Waals surface area contributed by atoms with Crippen LogP contribution in [0.25, 0.3) is 10.8 Å². The van der Waals surface area contributed by atoms with Gasteiger partial charge in [0.1, 0.15) is 6.04 Å². The fourth-order valence-electron chi connectivity index (χ4n) is 3.44. The van der Waals surface area contributed by atoms with Crippen LogP contribution in [0, 0.1) is 0 Å². The maximum Gasteiger partial charge on any atom is 0.329 e. The average molecular weight is 402 g/mol. The van der Waals surface area contributed by atoms with Crippen molar-refractivity contribution < 1.29 is 23.9 Å². The highest BCUT2D eigenvalue weighted by Gasteiger charge is 2.41. The number of imide groups is 1. The molecule has 3 amide bonds. The first-order chi connectivity index (χ1) is 14.5. The highest BCUT2D eigenvalue weighted by Crippen LogP contribution is 2.25. The molecular formula is C23H18N2O5. The standard InChI is InChI=1S/C23H18N2O5/c1-14(25-21(27)17-10-4-5-11-18(17)22(25)28)23(29)30-13-20(26)24-19-12-6-8-15-7-2-3-9-16(15)19/h2-12,14H,13H2,1H3,(H,24,26). The van der Waals surface area contributed by atoms with E-state index < -0.39 is 36.3 Å². The van der Waals surface area contributed by atoms with Crippen molar-refractivity contribution in [2.24, 2.45) is 0 Å². The molecule has 0 saturated carbocycles. The molecule has 0 saturated heterocycles. The van der Waals surface area contributed by atoms with Crippen LogP contribution in [-0.4, -0.2) is 41.2 Å². The van der Waals surface area contributed by atoms with E-state index in [1.807, 2.05) is 36.4 Å². The molecule has 4 rings (SSSR count). The highest BCUT2D eigenvalue weighted by atomic mass is 16.5. The van der Waals surface area contributed by atoms with Gasteiger partial charge in [0, 0.05) is 11.1 Å². The molecule has 7 nitrogen and oxygen atoms in total. The summed E-state index contributed by atoms with van der Waals surface area (Å²) in [7, 11) is 0. The van der Waals surface area contributed by atoms with Crippen molar-refractivity contribution >= 4 is 40.2 Å². The molecule has 30 heavy (non-hydrogen) atoms. The largest absolute Gasteiger partial charge is 0.454 e. The fourth-order valence-corrected chi connectivity index (χ4v) is 3.44. The molecule has 1 aliphatic rings. The third-order valence-electron chi connectivity index (χ3n) is 4.96. The van der Waals surface area contributed by atoms with E-state index in [4.69, 9.17) is 4.74 Å². The van der Waals surface area contributed by atoms with Gasteiger partial charge in [-0.25, -0.2) is 4.79 Å². The van der Waals surface area contributed by atoms with Crippen LogP contribution in [0.15, 0.2) is 66.7 Å². The fraction of sp³-hybridized carbons (Fsp3) is 0.130. The Morgan fingerprint density at radius 1 is 0.900 bits per heavy atom. The Balaban J connectivity index is 1.39. The lowest BCUT2D eigenvalue weighted by atomic mass is 10.1. The molecule has 150 valence electrons. The van der Waals surface area contributed by atoms with E-state index in [1.165, 1.54) is 19.1 Å². The lowest BCUT2D eigenvalue weighted by Gasteiger charge is -2.20. The van der Waals surface area contributed by atoms with E-state index in [-0.39, 0.29) is 11.1 Å². The monoisotopic (exact) mass is 402 g/mol. The van der Waals surface area contributed by atoms with Crippen molar-refractivity contribution in [3.05, 3.63) is 77.9 Å². The van der Waals surface area contributed by atoms with E-state index in [0.717, 1.165) is 15.7 Å². The van der Waals surface area contributed by atoms with Crippen LogP contribution in [0.3, 0.4) is 0 Å². The summed E-state index contributed by atoms with van der Waals surface area (Å²) in [5.74, 6) is -2.47. The number of benzene rings is 3. The van der Waals surface area contributed by atoms with Crippen LogP contribution in [0.5, 0.6) is 0 Å². The first-order valence-electron chi connectivity index (χ1n) is 9.38. The topological polar surface area (TPSA) is 92.8 Å². The van der Waals surface area contributed by atoms with Gasteiger partial charge in [-0.15, -0.1) is 0 Å². The van der Waals surface area contributed by atoms with Crippen LogP contribution in [0.1, 0.15) is 27.6 Å². The molecule has 1 heterocycles. The van der Waals surface area contributed by atoms with Crippen LogP contribution in [0.2, 0.25) is 0 Å². The lowest BCUT2D eigenvalue weighted by molar-refractivity contribution is -0.150. The van der Waals surface area contributed by atoms with E-state index >= 15 is 0 Å². The molecule has 1 unspecified atom stereocenters. The summed E-state index contributed by atoms with van der Waals surface area (Å²) in [5, 5.41) is 4.54. The Morgan fingerprint density at radius 3 is 2.20 bits per heavy atom. The van der Waals surface area contributed by atoms with E-state index in [9.17, 15) is 19.2 Å². The van der Waals surface area contributed by atoms with Crippen LogP contribution in [0.4, 0.5) is 5.69 Å². The summed E-state index contributed by atoms with van der Waals surface area (Å²) in [6.45, 7) is 0.863. The Hall–Kier alpha value is -4.00. The molecule has 0 spiro atoms. The summed E-state index contributed by atoms with van der Waals surface area (Å²) in [6, 6.07) is 18.3. The number of anilines is 1. The van der Waals surface area contributed by atoms with Gasteiger partial charge in [-0.1, -0.05) is 48.5 Å². The number of hydrogen-bond acceptors (Lipinski definition) is 5. The van der Waals surface area contributed by atoms with E-state index in [2.05, 4.69) is 5.32 Å². The maximum atomic E-state index is 12.5. The normalized spacial score (nSPS) is 13.8.